The van der Waals surface area contributed by atoms with Crippen molar-refractivity contribution in [3.63, 3.8) is 0 Å². The monoisotopic (exact) mass is 276 g/mol. The Kier molecular flexibility index (Phi) is 4.24. The summed E-state index contributed by atoms with van der Waals surface area (Å²) in [6.45, 7) is 3.76. The lowest BCUT2D eigenvalue weighted by atomic mass is 10.2. The molecular weight excluding hydrogens is 260 g/mol. The van der Waals surface area contributed by atoms with Crippen molar-refractivity contribution in [2.24, 2.45) is 0 Å². The van der Waals surface area contributed by atoms with E-state index in [0.29, 0.717) is 5.82 Å². The van der Waals surface area contributed by atoms with Crippen LogP contribution in [0.15, 0.2) is 29.6 Å². The number of hydrogen-bond donors (Lipinski definition) is 1. The third kappa shape index (κ3) is 3.28. The first-order valence-corrected chi connectivity index (χ1v) is 6.32. The molecule has 2 aromatic heterocycles. The van der Waals surface area contributed by atoms with Crippen LogP contribution in [0.2, 0.25) is 0 Å². The van der Waals surface area contributed by atoms with Gasteiger partial charge in [0.05, 0.1) is 0 Å². The van der Waals surface area contributed by atoms with Crippen molar-refractivity contribution in [1.82, 2.24) is 29.9 Å². The van der Waals surface area contributed by atoms with Crippen LogP contribution < -0.4 is 10.9 Å². The molecule has 0 fully saturated rings. The Balaban J connectivity index is 2.17. The van der Waals surface area contributed by atoms with Crippen molar-refractivity contribution >= 4 is 5.91 Å². The van der Waals surface area contributed by atoms with Crippen molar-refractivity contribution in [2.75, 3.05) is 0 Å². The number of nitrogens with zero attached hydrogens (tertiary/aromatic N) is 5. The zero-order valence-electron chi connectivity index (χ0n) is 11.4. The fraction of sp³-hybridized carbons (Fsp3) is 0.417. The highest BCUT2D eigenvalue weighted by molar-refractivity contribution is 5.75. The van der Waals surface area contributed by atoms with Crippen molar-refractivity contribution in [2.45, 2.75) is 32.9 Å². The van der Waals surface area contributed by atoms with Gasteiger partial charge in [-0.1, -0.05) is 6.92 Å². The molecule has 0 saturated heterocycles. The van der Waals surface area contributed by atoms with Crippen LogP contribution in [-0.4, -0.2) is 36.5 Å². The van der Waals surface area contributed by atoms with E-state index in [4.69, 9.17) is 0 Å². The second-order valence-electron chi connectivity index (χ2n) is 4.40. The molecule has 0 aliphatic rings. The van der Waals surface area contributed by atoms with E-state index < -0.39 is 0 Å². The zero-order valence-corrected chi connectivity index (χ0v) is 11.4. The Morgan fingerprint density at radius 3 is 2.90 bits per heavy atom. The second kappa shape index (κ2) is 6.09. The van der Waals surface area contributed by atoms with Gasteiger partial charge in [-0.15, -0.1) is 5.10 Å². The van der Waals surface area contributed by atoms with Gasteiger partial charge in [-0.25, -0.2) is 14.3 Å². The van der Waals surface area contributed by atoms with Gasteiger partial charge in [0.15, 0.2) is 5.82 Å². The summed E-state index contributed by atoms with van der Waals surface area (Å²) in [5.74, 6) is 0.183. The zero-order chi connectivity index (χ0) is 14.5. The van der Waals surface area contributed by atoms with Crippen LogP contribution in [0, 0.1) is 0 Å². The molecule has 0 spiro atoms. The summed E-state index contributed by atoms with van der Waals surface area (Å²) in [7, 11) is 0. The Morgan fingerprint density at radius 2 is 2.25 bits per heavy atom. The summed E-state index contributed by atoms with van der Waals surface area (Å²) in [6, 6.07) is 2.94. The topological polar surface area (TPSA) is 94.7 Å². The predicted molar refractivity (Wildman–Crippen MR) is 71.3 cm³/mol. The first kappa shape index (κ1) is 13.9. The fourth-order valence-corrected chi connectivity index (χ4v) is 1.56. The number of aromatic nitrogens is 5. The Bertz CT molecular complexity index is 634. The van der Waals surface area contributed by atoms with E-state index in [2.05, 4.69) is 20.5 Å². The van der Waals surface area contributed by atoms with Gasteiger partial charge < -0.3 is 5.32 Å². The van der Waals surface area contributed by atoms with Crippen LogP contribution >= 0.6 is 0 Å². The largest absolute Gasteiger partial charge is 0.352 e. The predicted octanol–water partition coefficient (Wildman–Crippen LogP) is -0.261. The highest BCUT2D eigenvalue weighted by Crippen LogP contribution is 1.97. The molecule has 0 saturated carbocycles. The van der Waals surface area contributed by atoms with E-state index in [1.165, 1.54) is 29.5 Å². The van der Waals surface area contributed by atoms with E-state index >= 15 is 0 Å². The minimum Gasteiger partial charge on any atom is -0.352 e. The van der Waals surface area contributed by atoms with Gasteiger partial charge in [-0.2, -0.15) is 5.10 Å². The summed E-state index contributed by atoms with van der Waals surface area (Å²) in [5.41, 5.74) is -0.340. The summed E-state index contributed by atoms with van der Waals surface area (Å²) < 4.78 is 2.53. The van der Waals surface area contributed by atoms with E-state index in [1.807, 2.05) is 13.8 Å². The summed E-state index contributed by atoms with van der Waals surface area (Å²) >= 11 is 0. The molecule has 2 heterocycles. The lowest BCUT2D eigenvalue weighted by Crippen LogP contribution is -2.38. The quantitative estimate of drug-likeness (QED) is 0.811. The SMILES string of the molecule is CCC(C)NC(=O)Cn1nc(-n2cncn2)ccc1=O. The third-order valence-corrected chi connectivity index (χ3v) is 2.82. The number of rotatable bonds is 5. The second-order valence-corrected chi connectivity index (χ2v) is 4.40. The normalized spacial score (nSPS) is 12.1. The number of carbonyl (C=O) groups excluding carboxylic acids is 1. The number of hydrogen-bond acceptors (Lipinski definition) is 5. The fourth-order valence-electron chi connectivity index (χ4n) is 1.56. The standard InChI is InChI=1S/C12H16N6O2/c1-3-9(2)15-11(19)6-17-12(20)5-4-10(16-17)18-8-13-7-14-18/h4-5,7-9H,3,6H2,1-2H3,(H,15,19). The van der Waals surface area contributed by atoms with Gasteiger partial charge >= 0.3 is 0 Å². The first-order chi connectivity index (χ1) is 9.60. The lowest BCUT2D eigenvalue weighted by Gasteiger charge is -2.12. The van der Waals surface area contributed by atoms with E-state index in [-0.39, 0.29) is 24.1 Å². The highest BCUT2D eigenvalue weighted by atomic mass is 16.2. The first-order valence-electron chi connectivity index (χ1n) is 6.32. The van der Waals surface area contributed by atoms with E-state index in [0.717, 1.165) is 11.1 Å². The van der Waals surface area contributed by atoms with Crippen molar-refractivity contribution in [1.29, 1.82) is 0 Å². The lowest BCUT2D eigenvalue weighted by molar-refractivity contribution is -0.122. The molecule has 8 nitrogen and oxygen atoms in total. The van der Waals surface area contributed by atoms with Gasteiger partial charge in [0.25, 0.3) is 5.56 Å². The van der Waals surface area contributed by atoms with E-state index in [1.54, 1.807) is 0 Å². The maximum Gasteiger partial charge on any atom is 0.267 e. The van der Waals surface area contributed by atoms with Crippen LogP contribution in [0.5, 0.6) is 0 Å². The average Bonchev–Trinajstić information content (AvgIpc) is 2.95. The molecule has 0 radical (unpaired) electrons. The third-order valence-electron chi connectivity index (χ3n) is 2.82. The molecule has 2 aromatic rings. The maximum absolute atomic E-state index is 11.8. The van der Waals surface area contributed by atoms with Gasteiger partial charge in [0, 0.05) is 12.1 Å². The molecule has 1 N–H and O–H groups in total. The molecule has 1 amide bonds. The Morgan fingerprint density at radius 1 is 1.45 bits per heavy atom. The molecule has 20 heavy (non-hydrogen) atoms. The van der Waals surface area contributed by atoms with Gasteiger partial charge in [0.1, 0.15) is 19.2 Å². The van der Waals surface area contributed by atoms with Crippen molar-refractivity contribution in [3.05, 3.63) is 35.1 Å². The van der Waals surface area contributed by atoms with Crippen LogP contribution in [0.4, 0.5) is 0 Å². The summed E-state index contributed by atoms with van der Waals surface area (Å²) in [6.07, 6.45) is 3.66. The maximum atomic E-state index is 11.8. The average molecular weight is 276 g/mol. The van der Waals surface area contributed by atoms with Crippen LogP contribution in [0.25, 0.3) is 5.82 Å². The smallest absolute Gasteiger partial charge is 0.267 e. The Hall–Kier alpha value is -2.51. The van der Waals surface area contributed by atoms with Crippen LogP contribution in [-0.2, 0) is 11.3 Å². The van der Waals surface area contributed by atoms with Gasteiger partial charge in [0.2, 0.25) is 5.91 Å². The van der Waals surface area contributed by atoms with Gasteiger partial charge in [-0.05, 0) is 19.4 Å². The van der Waals surface area contributed by atoms with Crippen LogP contribution in [0.3, 0.4) is 0 Å². The Labute approximate surface area is 115 Å². The molecule has 8 heteroatoms. The number of amides is 1. The summed E-state index contributed by atoms with van der Waals surface area (Å²) in [4.78, 5) is 27.3. The molecule has 106 valence electrons. The van der Waals surface area contributed by atoms with Crippen molar-refractivity contribution in [3.8, 4) is 5.82 Å². The highest BCUT2D eigenvalue weighted by Gasteiger charge is 2.09. The van der Waals surface area contributed by atoms with E-state index in [9.17, 15) is 9.59 Å². The van der Waals surface area contributed by atoms with Crippen LogP contribution in [0.1, 0.15) is 20.3 Å². The van der Waals surface area contributed by atoms with Gasteiger partial charge in [-0.3, -0.25) is 9.59 Å². The minimum atomic E-state index is -0.340. The molecule has 0 aliphatic heterocycles. The molecule has 0 aromatic carbocycles. The molecular formula is C12H16N6O2. The molecule has 0 bridgehead atoms. The number of nitrogens with one attached hydrogen (secondary N) is 1. The molecule has 0 aliphatic carbocycles. The number of carbonyl (C=O) groups is 1. The summed E-state index contributed by atoms with van der Waals surface area (Å²) in [5, 5.41) is 10.8. The minimum absolute atomic E-state index is 0.0664. The molecule has 1 unspecified atom stereocenters. The van der Waals surface area contributed by atoms with Crippen molar-refractivity contribution < 1.29 is 4.79 Å². The molecule has 1 atom stereocenters. The molecule has 2 rings (SSSR count).